The number of rotatable bonds is 4. The van der Waals surface area contributed by atoms with Crippen LogP contribution in [-0.4, -0.2) is 47.4 Å². The lowest BCUT2D eigenvalue weighted by Crippen LogP contribution is -2.58. The molecule has 2 heterocycles. The van der Waals surface area contributed by atoms with E-state index in [4.69, 9.17) is 18.9 Å². The maximum atomic E-state index is 11.5. The van der Waals surface area contributed by atoms with Crippen molar-refractivity contribution in [1.29, 1.82) is 0 Å². The Morgan fingerprint density at radius 1 is 1.18 bits per heavy atom. The molecule has 2 atom stereocenters. The molecule has 28 heavy (non-hydrogen) atoms. The van der Waals surface area contributed by atoms with E-state index >= 15 is 0 Å². The summed E-state index contributed by atoms with van der Waals surface area (Å²) in [6.45, 7) is 2.88. The molecule has 4 rings (SSSR count). The van der Waals surface area contributed by atoms with Crippen molar-refractivity contribution in [1.82, 2.24) is 4.98 Å². The number of benzene rings is 1. The summed E-state index contributed by atoms with van der Waals surface area (Å²) in [4.78, 5) is 27.3. The van der Waals surface area contributed by atoms with Gasteiger partial charge < -0.3 is 18.9 Å². The minimum Gasteiger partial charge on any atom is -0.490 e. The van der Waals surface area contributed by atoms with Crippen molar-refractivity contribution in [2.45, 2.75) is 50.6 Å². The van der Waals surface area contributed by atoms with Crippen molar-refractivity contribution >= 4 is 45.4 Å². The highest BCUT2D eigenvalue weighted by Crippen LogP contribution is 2.47. The molecule has 1 aromatic carbocycles. The minimum atomic E-state index is -0.665. The number of nitrogens with zero attached hydrogens (tertiary/aromatic N) is 1. The Morgan fingerprint density at radius 3 is 2.64 bits per heavy atom. The largest absolute Gasteiger partial charge is 0.490 e. The van der Waals surface area contributed by atoms with Gasteiger partial charge in [-0.15, -0.1) is 0 Å². The second kappa shape index (κ2) is 7.47. The number of carbonyl (C=O) groups is 2. The molecule has 2 aliphatic rings. The molecule has 0 N–H and O–H groups in total. The topological polar surface area (TPSA) is 84.0 Å². The van der Waals surface area contributed by atoms with Crippen molar-refractivity contribution in [2.75, 3.05) is 6.61 Å². The minimum absolute atomic E-state index is 0.0737. The Bertz CT molecular complexity index is 926. The normalized spacial score (nSPS) is 28.8. The van der Waals surface area contributed by atoms with Crippen LogP contribution in [0.4, 0.5) is 0 Å². The van der Waals surface area contributed by atoms with Crippen LogP contribution in [-0.2, 0) is 23.8 Å². The number of fused-ring (bicyclic) bond motifs is 1. The van der Waals surface area contributed by atoms with Gasteiger partial charge >= 0.3 is 11.9 Å². The first-order chi connectivity index (χ1) is 13.3. The molecule has 1 spiro atoms. The fraction of sp³-hybridized carbons (Fsp3) is 0.450. The molecule has 0 unspecified atom stereocenters. The molecule has 8 heteroatoms. The van der Waals surface area contributed by atoms with Crippen molar-refractivity contribution in [3.05, 3.63) is 34.0 Å². The maximum Gasteiger partial charge on any atom is 0.303 e. The SMILES string of the molecule is CC(=O)O[C@H]1CO[C@]2(C[C@@H](Oc3ccc4cc(I)cnc4c3)C2)[C@H]1OC(C)=O. The molecule has 7 nitrogen and oxygen atoms in total. The van der Waals surface area contributed by atoms with Gasteiger partial charge in [-0.2, -0.15) is 0 Å². The fourth-order valence-electron chi connectivity index (χ4n) is 3.91. The average Bonchev–Trinajstić information content (AvgIpc) is 2.92. The summed E-state index contributed by atoms with van der Waals surface area (Å²) in [5.41, 5.74) is 0.207. The lowest BCUT2D eigenvalue weighted by Gasteiger charge is -2.46. The number of esters is 2. The predicted octanol–water partition coefficient (Wildman–Crippen LogP) is 3.01. The van der Waals surface area contributed by atoms with Crippen LogP contribution in [0.1, 0.15) is 26.7 Å². The molecular weight excluding hydrogens is 477 g/mol. The quantitative estimate of drug-likeness (QED) is 0.475. The van der Waals surface area contributed by atoms with Crippen LogP contribution in [0.2, 0.25) is 0 Å². The fourth-order valence-corrected chi connectivity index (χ4v) is 4.39. The zero-order chi connectivity index (χ0) is 19.9. The van der Waals surface area contributed by atoms with Crippen molar-refractivity contribution < 1.29 is 28.5 Å². The predicted molar refractivity (Wildman–Crippen MR) is 108 cm³/mol. The van der Waals surface area contributed by atoms with Crippen LogP contribution >= 0.6 is 22.6 Å². The van der Waals surface area contributed by atoms with Crippen LogP contribution in [0.15, 0.2) is 30.5 Å². The lowest BCUT2D eigenvalue weighted by molar-refractivity contribution is -0.189. The van der Waals surface area contributed by atoms with Gasteiger partial charge in [-0.05, 0) is 40.8 Å². The van der Waals surface area contributed by atoms with Gasteiger partial charge in [0.15, 0.2) is 12.2 Å². The summed E-state index contributed by atoms with van der Waals surface area (Å²) >= 11 is 2.23. The number of aromatic nitrogens is 1. The van der Waals surface area contributed by atoms with Gasteiger partial charge in [-0.3, -0.25) is 14.6 Å². The molecule has 0 radical (unpaired) electrons. The van der Waals surface area contributed by atoms with E-state index in [1.54, 1.807) is 0 Å². The number of hydrogen-bond donors (Lipinski definition) is 0. The standard InChI is InChI=1S/C20H20INO6/c1-11(23)26-18-10-25-20(19(18)27-12(2)24)7-16(8-20)28-15-4-3-13-5-14(21)9-22-17(13)6-15/h3-6,9,16,18-19H,7-8,10H2,1-2H3/t16-,18-,19-,20+/m0/s1. The monoisotopic (exact) mass is 497 g/mol. The Hall–Kier alpha value is -1.94. The number of ether oxygens (including phenoxy) is 4. The zero-order valence-electron chi connectivity index (χ0n) is 15.5. The third kappa shape index (κ3) is 3.80. The molecule has 1 aliphatic carbocycles. The van der Waals surface area contributed by atoms with E-state index in [9.17, 15) is 9.59 Å². The average molecular weight is 497 g/mol. The molecule has 1 saturated carbocycles. The first kappa shape index (κ1) is 19.4. The van der Waals surface area contributed by atoms with Gasteiger partial charge in [0.2, 0.25) is 0 Å². The van der Waals surface area contributed by atoms with E-state index in [-0.39, 0.29) is 12.7 Å². The van der Waals surface area contributed by atoms with Gasteiger partial charge in [0.25, 0.3) is 0 Å². The first-order valence-electron chi connectivity index (χ1n) is 9.05. The molecule has 2 aromatic rings. The highest BCUT2D eigenvalue weighted by molar-refractivity contribution is 14.1. The Balaban J connectivity index is 1.44. The molecule has 0 amide bonds. The third-order valence-corrected chi connectivity index (χ3v) is 5.66. The molecule has 2 fully saturated rings. The van der Waals surface area contributed by atoms with Crippen LogP contribution in [0.3, 0.4) is 0 Å². The Labute approximate surface area is 175 Å². The van der Waals surface area contributed by atoms with Gasteiger partial charge in [0.05, 0.1) is 12.1 Å². The summed E-state index contributed by atoms with van der Waals surface area (Å²) < 4.78 is 23.8. The van der Waals surface area contributed by atoms with E-state index < -0.39 is 29.7 Å². The van der Waals surface area contributed by atoms with Gasteiger partial charge in [0, 0.05) is 47.9 Å². The number of halogens is 1. The van der Waals surface area contributed by atoms with E-state index in [0.29, 0.717) is 12.8 Å². The first-order valence-corrected chi connectivity index (χ1v) is 10.1. The van der Waals surface area contributed by atoms with Crippen molar-refractivity contribution in [3.63, 3.8) is 0 Å². The summed E-state index contributed by atoms with van der Waals surface area (Å²) in [5, 5.41) is 1.06. The second-order valence-electron chi connectivity index (χ2n) is 7.21. The van der Waals surface area contributed by atoms with E-state index in [1.165, 1.54) is 13.8 Å². The lowest BCUT2D eigenvalue weighted by atomic mass is 9.73. The molecule has 1 saturated heterocycles. The van der Waals surface area contributed by atoms with Crippen LogP contribution in [0.25, 0.3) is 10.9 Å². The maximum absolute atomic E-state index is 11.5. The summed E-state index contributed by atoms with van der Waals surface area (Å²) in [6.07, 6.45) is 1.65. The van der Waals surface area contributed by atoms with Gasteiger partial charge in [-0.25, -0.2) is 0 Å². The van der Waals surface area contributed by atoms with E-state index in [1.807, 2.05) is 24.4 Å². The molecule has 1 aliphatic heterocycles. The zero-order valence-corrected chi connectivity index (χ0v) is 17.7. The third-order valence-electron chi connectivity index (χ3n) is 5.07. The number of carbonyl (C=O) groups excluding carboxylic acids is 2. The van der Waals surface area contributed by atoms with E-state index in [0.717, 1.165) is 20.2 Å². The van der Waals surface area contributed by atoms with Gasteiger partial charge in [-0.1, -0.05) is 0 Å². The van der Waals surface area contributed by atoms with Gasteiger partial charge in [0.1, 0.15) is 17.5 Å². The summed E-state index contributed by atoms with van der Waals surface area (Å²) in [5.74, 6) is -0.112. The highest BCUT2D eigenvalue weighted by atomic mass is 127. The van der Waals surface area contributed by atoms with Crippen molar-refractivity contribution in [2.24, 2.45) is 0 Å². The smallest absolute Gasteiger partial charge is 0.303 e. The number of pyridine rings is 1. The summed E-state index contributed by atoms with van der Waals surface area (Å²) in [6, 6.07) is 7.89. The molecule has 148 valence electrons. The summed E-state index contributed by atoms with van der Waals surface area (Å²) in [7, 11) is 0. The second-order valence-corrected chi connectivity index (χ2v) is 8.46. The number of hydrogen-bond acceptors (Lipinski definition) is 7. The Kier molecular flexibility index (Phi) is 5.17. The molecule has 1 aromatic heterocycles. The van der Waals surface area contributed by atoms with Crippen LogP contribution in [0, 0.1) is 3.57 Å². The Morgan fingerprint density at radius 2 is 1.93 bits per heavy atom. The van der Waals surface area contributed by atoms with Crippen molar-refractivity contribution in [3.8, 4) is 5.75 Å². The molecular formula is C20H20INO6. The van der Waals surface area contributed by atoms with Crippen LogP contribution in [0.5, 0.6) is 5.75 Å². The molecule has 0 bridgehead atoms. The highest BCUT2D eigenvalue weighted by Gasteiger charge is 2.61. The van der Waals surface area contributed by atoms with E-state index in [2.05, 4.69) is 33.6 Å². The van der Waals surface area contributed by atoms with Crippen LogP contribution < -0.4 is 4.74 Å².